The fourth-order valence-electron chi connectivity index (χ4n) is 2.10. The highest BCUT2D eigenvalue weighted by molar-refractivity contribution is 5.79. The van der Waals surface area contributed by atoms with E-state index in [4.69, 9.17) is 9.47 Å². The summed E-state index contributed by atoms with van der Waals surface area (Å²) in [5, 5.41) is 0. The lowest BCUT2D eigenvalue weighted by molar-refractivity contribution is -0.671. The number of unbranched alkanes of at least 4 members (excludes halogenated alkanes) is 1. The van der Waals surface area contributed by atoms with Gasteiger partial charge in [0.25, 0.3) is 0 Å². The van der Waals surface area contributed by atoms with Gasteiger partial charge in [0.2, 0.25) is 6.33 Å². The van der Waals surface area contributed by atoms with E-state index >= 15 is 0 Å². The molecule has 0 N–H and O–H groups in total. The zero-order chi connectivity index (χ0) is 15.1. The van der Waals surface area contributed by atoms with E-state index in [0.717, 1.165) is 31.4 Å². The summed E-state index contributed by atoms with van der Waals surface area (Å²) in [7, 11) is 3.55. The van der Waals surface area contributed by atoms with E-state index in [1.807, 2.05) is 17.8 Å². The van der Waals surface area contributed by atoms with E-state index in [2.05, 4.69) is 17.1 Å². The molecule has 0 unspecified atom stereocenters. The van der Waals surface area contributed by atoms with E-state index in [1.54, 1.807) is 25.3 Å². The normalized spacial score (nSPS) is 10.4. The molecule has 0 aliphatic carbocycles. The maximum Gasteiger partial charge on any atom is 0.243 e. The fourth-order valence-corrected chi connectivity index (χ4v) is 2.10. The number of aryl methyl sites for hydroxylation is 2. The predicted octanol–water partition coefficient (Wildman–Crippen LogP) is 1.99. The lowest BCUT2D eigenvalue weighted by atomic mass is 10.2. The van der Waals surface area contributed by atoms with Gasteiger partial charge in [-0.3, -0.25) is 4.79 Å². The maximum atomic E-state index is 10.8. The van der Waals surface area contributed by atoms with Crippen molar-refractivity contribution in [1.29, 1.82) is 0 Å². The number of rotatable bonds is 8. The monoisotopic (exact) mass is 289 g/mol. The van der Waals surface area contributed by atoms with E-state index in [9.17, 15) is 4.79 Å². The molecule has 0 aliphatic rings. The van der Waals surface area contributed by atoms with Crippen LogP contribution in [0.1, 0.15) is 23.2 Å². The Morgan fingerprint density at radius 1 is 1.33 bits per heavy atom. The highest BCUT2D eigenvalue weighted by atomic mass is 16.5. The van der Waals surface area contributed by atoms with Gasteiger partial charge in [-0.1, -0.05) is 0 Å². The molecule has 0 radical (unpaired) electrons. The Labute approximate surface area is 124 Å². The number of carbonyl (C=O) groups excluding carboxylic acids is 1. The smallest absolute Gasteiger partial charge is 0.243 e. The van der Waals surface area contributed by atoms with Crippen molar-refractivity contribution in [2.45, 2.75) is 19.4 Å². The molecule has 2 rings (SSSR count). The number of hydrogen-bond acceptors (Lipinski definition) is 3. The molecular formula is C16H21N2O3+. The Hall–Kier alpha value is -2.30. The number of methoxy groups -OCH3 is 1. The standard InChI is InChI=1S/C16H21N2O3/c1-17-8-9-18(13-17)7-3-4-10-21-15-6-5-14(12-19)16(11-15)20-2/h5-6,8-9,11-13H,3-4,7,10H2,1-2H3/q+1. The largest absolute Gasteiger partial charge is 0.496 e. The first-order valence-corrected chi connectivity index (χ1v) is 7.00. The molecule has 0 aliphatic heterocycles. The predicted molar refractivity (Wildman–Crippen MR) is 78.7 cm³/mol. The number of aldehydes is 1. The third-order valence-corrected chi connectivity index (χ3v) is 3.24. The number of benzene rings is 1. The van der Waals surface area contributed by atoms with Crippen molar-refractivity contribution in [3.63, 3.8) is 0 Å². The number of aromatic nitrogens is 2. The van der Waals surface area contributed by atoms with Crippen LogP contribution < -0.4 is 14.0 Å². The van der Waals surface area contributed by atoms with Crippen molar-refractivity contribution in [2.75, 3.05) is 13.7 Å². The van der Waals surface area contributed by atoms with Crippen molar-refractivity contribution in [1.82, 2.24) is 4.57 Å². The molecule has 0 saturated heterocycles. The summed E-state index contributed by atoms with van der Waals surface area (Å²) in [6.45, 7) is 1.63. The second-order valence-electron chi connectivity index (χ2n) is 4.89. The van der Waals surface area contributed by atoms with E-state index in [1.165, 1.54) is 0 Å². The van der Waals surface area contributed by atoms with Crippen LogP contribution in [0.25, 0.3) is 0 Å². The fraction of sp³-hybridized carbons (Fsp3) is 0.375. The van der Waals surface area contributed by atoms with E-state index in [0.29, 0.717) is 17.9 Å². The number of ether oxygens (including phenoxy) is 2. The van der Waals surface area contributed by atoms with Crippen LogP contribution in [0.15, 0.2) is 36.9 Å². The third-order valence-electron chi connectivity index (χ3n) is 3.24. The maximum absolute atomic E-state index is 10.8. The van der Waals surface area contributed by atoms with E-state index < -0.39 is 0 Å². The lowest BCUT2D eigenvalue weighted by Crippen LogP contribution is -2.23. The minimum absolute atomic E-state index is 0.533. The van der Waals surface area contributed by atoms with Crippen molar-refractivity contribution in [2.24, 2.45) is 7.05 Å². The van der Waals surface area contributed by atoms with Crippen LogP contribution in [0, 0.1) is 0 Å². The molecule has 0 atom stereocenters. The van der Waals surface area contributed by atoms with Gasteiger partial charge in [0.15, 0.2) is 6.29 Å². The van der Waals surface area contributed by atoms with Crippen LogP contribution in [-0.2, 0) is 13.6 Å². The molecule has 2 aromatic rings. The van der Waals surface area contributed by atoms with Gasteiger partial charge in [-0.15, -0.1) is 0 Å². The third kappa shape index (κ3) is 4.34. The van der Waals surface area contributed by atoms with E-state index in [-0.39, 0.29) is 0 Å². The molecule has 1 aromatic heterocycles. The zero-order valence-electron chi connectivity index (χ0n) is 12.5. The molecule has 0 spiro atoms. The van der Waals surface area contributed by atoms with Gasteiger partial charge in [-0.25, -0.2) is 9.13 Å². The first-order chi connectivity index (χ1) is 10.2. The Morgan fingerprint density at radius 3 is 2.86 bits per heavy atom. The molecule has 0 amide bonds. The number of nitrogens with zero attached hydrogens (tertiary/aromatic N) is 2. The zero-order valence-corrected chi connectivity index (χ0v) is 12.5. The van der Waals surface area contributed by atoms with Crippen LogP contribution in [0.2, 0.25) is 0 Å². The van der Waals surface area contributed by atoms with Gasteiger partial charge in [0, 0.05) is 6.07 Å². The van der Waals surface area contributed by atoms with Gasteiger partial charge in [0.05, 0.1) is 32.9 Å². The van der Waals surface area contributed by atoms with Crippen molar-refractivity contribution >= 4 is 6.29 Å². The molecule has 0 saturated carbocycles. The Kier molecular flexibility index (Phi) is 5.37. The van der Waals surface area contributed by atoms with Crippen LogP contribution in [0.5, 0.6) is 11.5 Å². The van der Waals surface area contributed by atoms with Crippen LogP contribution in [-0.4, -0.2) is 24.6 Å². The number of hydrogen-bond donors (Lipinski definition) is 0. The average molecular weight is 289 g/mol. The molecule has 1 aromatic carbocycles. The van der Waals surface area contributed by atoms with Gasteiger partial charge >= 0.3 is 0 Å². The SMILES string of the molecule is COc1cc(OCCCCn2cc[n+](C)c2)ccc1C=O. The summed E-state index contributed by atoms with van der Waals surface area (Å²) < 4.78 is 15.0. The summed E-state index contributed by atoms with van der Waals surface area (Å²) in [6.07, 6.45) is 8.95. The Balaban J connectivity index is 1.74. The second kappa shape index (κ2) is 7.47. The first-order valence-electron chi connectivity index (χ1n) is 7.00. The molecule has 0 fully saturated rings. The lowest BCUT2D eigenvalue weighted by Gasteiger charge is -2.08. The highest BCUT2D eigenvalue weighted by Crippen LogP contribution is 2.23. The van der Waals surface area contributed by atoms with Crippen LogP contribution in [0.3, 0.4) is 0 Å². The molecule has 0 bridgehead atoms. The minimum Gasteiger partial charge on any atom is -0.496 e. The van der Waals surface area contributed by atoms with Crippen LogP contribution >= 0.6 is 0 Å². The Bertz CT molecular complexity index is 593. The summed E-state index contributed by atoms with van der Waals surface area (Å²) in [5.41, 5.74) is 0.533. The topological polar surface area (TPSA) is 44.3 Å². The van der Waals surface area contributed by atoms with Gasteiger partial charge in [-0.2, -0.15) is 0 Å². The summed E-state index contributed by atoms with van der Waals surface area (Å²) >= 11 is 0. The van der Waals surface area contributed by atoms with Crippen molar-refractivity contribution < 1.29 is 18.8 Å². The highest BCUT2D eigenvalue weighted by Gasteiger charge is 2.04. The quantitative estimate of drug-likeness (QED) is 0.424. The number of imidazole rings is 1. The van der Waals surface area contributed by atoms with Gasteiger partial charge in [-0.05, 0) is 25.0 Å². The molecule has 5 nitrogen and oxygen atoms in total. The van der Waals surface area contributed by atoms with Gasteiger partial charge < -0.3 is 9.47 Å². The summed E-state index contributed by atoms with van der Waals surface area (Å²) in [6, 6.07) is 5.24. The van der Waals surface area contributed by atoms with Crippen molar-refractivity contribution in [3.8, 4) is 11.5 Å². The first kappa shape index (κ1) is 15.1. The van der Waals surface area contributed by atoms with Gasteiger partial charge in [0.1, 0.15) is 23.9 Å². The second-order valence-corrected chi connectivity index (χ2v) is 4.89. The molecule has 21 heavy (non-hydrogen) atoms. The molecular weight excluding hydrogens is 268 g/mol. The molecule has 1 heterocycles. The summed E-state index contributed by atoms with van der Waals surface area (Å²) in [5.74, 6) is 1.27. The average Bonchev–Trinajstić information content (AvgIpc) is 2.92. The van der Waals surface area contributed by atoms with Crippen molar-refractivity contribution in [3.05, 3.63) is 42.5 Å². The number of carbonyl (C=O) groups is 1. The Morgan fingerprint density at radius 2 is 2.19 bits per heavy atom. The van der Waals surface area contributed by atoms with Crippen LogP contribution in [0.4, 0.5) is 0 Å². The molecule has 5 heteroatoms. The summed E-state index contributed by atoms with van der Waals surface area (Å²) in [4.78, 5) is 10.8. The minimum atomic E-state index is 0.533. The molecule has 112 valence electrons.